The van der Waals surface area contributed by atoms with Crippen molar-refractivity contribution in [1.29, 1.82) is 5.41 Å². The van der Waals surface area contributed by atoms with Crippen LogP contribution in [0, 0.1) is 11.2 Å². The van der Waals surface area contributed by atoms with Gasteiger partial charge in [-0.1, -0.05) is 0 Å². The van der Waals surface area contributed by atoms with Crippen LogP contribution in [0.5, 0.6) is 0 Å². The number of carbonyl (C=O) groups is 1. The Kier molecular flexibility index (Phi) is 3.94. The van der Waals surface area contributed by atoms with Crippen LogP contribution in [0.1, 0.15) is 5.56 Å². The van der Waals surface area contributed by atoms with Crippen LogP contribution in [0.4, 0.5) is 9.52 Å². The van der Waals surface area contributed by atoms with Gasteiger partial charge in [-0.15, -0.1) is 11.3 Å². The highest BCUT2D eigenvalue weighted by atomic mass is 32.2. The van der Waals surface area contributed by atoms with E-state index in [2.05, 4.69) is 15.2 Å². The normalized spacial score (nSPS) is 16.2. The number of thioether (sulfide) groups is 1. The molecule has 1 aliphatic rings. The molecule has 0 bridgehead atoms. The Hall–Kier alpha value is -2.78. The van der Waals surface area contributed by atoms with E-state index >= 15 is 0 Å². The smallest absolute Gasteiger partial charge is 0.273 e. The number of aromatic amines is 1. The Labute approximate surface area is 149 Å². The van der Waals surface area contributed by atoms with Crippen molar-refractivity contribution in [1.82, 2.24) is 15.2 Å². The number of benzene rings is 1. The fraction of sp³-hybridized carbons (Fsp3) is 0. The lowest BCUT2D eigenvalue weighted by atomic mass is 10.1. The number of hydrogen-bond donors (Lipinski definition) is 2. The lowest BCUT2D eigenvalue weighted by molar-refractivity contribution is -0.113. The maximum atomic E-state index is 13.1. The standard InChI is InChI=1S/C16H10FN5OS2/c17-11-3-1-9(2-4-11)13-10(8-20-21-13)7-12-14(23)22(15(18)25-12)16-19-5-6-24-16/h1-8,18H,(H,20,21)/b12-7+,18-15?. The van der Waals surface area contributed by atoms with Crippen molar-refractivity contribution in [3.05, 3.63) is 58.3 Å². The van der Waals surface area contributed by atoms with Gasteiger partial charge in [0.1, 0.15) is 5.82 Å². The highest BCUT2D eigenvalue weighted by molar-refractivity contribution is 8.19. The molecule has 2 aromatic heterocycles. The molecular weight excluding hydrogens is 361 g/mol. The molecule has 25 heavy (non-hydrogen) atoms. The number of anilines is 1. The van der Waals surface area contributed by atoms with Gasteiger partial charge in [0.25, 0.3) is 5.91 Å². The molecule has 0 aliphatic carbocycles. The molecule has 1 fully saturated rings. The van der Waals surface area contributed by atoms with Crippen molar-refractivity contribution in [3.8, 4) is 11.3 Å². The SMILES string of the molecule is N=C1S/C(=C/c2cn[nH]c2-c2ccc(F)cc2)C(=O)N1c1nccs1. The van der Waals surface area contributed by atoms with Gasteiger partial charge in [-0.3, -0.25) is 15.3 Å². The Bertz CT molecular complexity index is 978. The van der Waals surface area contributed by atoms with Gasteiger partial charge >= 0.3 is 0 Å². The molecule has 124 valence electrons. The van der Waals surface area contributed by atoms with Crippen LogP contribution < -0.4 is 4.90 Å². The number of aromatic nitrogens is 3. The average Bonchev–Trinajstić information content (AvgIpc) is 3.31. The second kappa shape index (κ2) is 6.26. The first kappa shape index (κ1) is 15.7. The summed E-state index contributed by atoms with van der Waals surface area (Å²) in [4.78, 5) is 18.4. The number of nitrogens with zero attached hydrogens (tertiary/aromatic N) is 3. The van der Waals surface area contributed by atoms with Crippen molar-refractivity contribution < 1.29 is 9.18 Å². The zero-order valence-electron chi connectivity index (χ0n) is 12.6. The first-order valence-corrected chi connectivity index (χ1v) is 8.84. The maximum absolute atomic E-state index is 13.1. The van der Waals surface area contributed by atoms with Crippen LogP contribution in [0.2, 0.25) is 0 Å². The molecular formula is C16H10FN5OS2. The van der Waals surface area contributed by atoms with Crippen LogP contribution in [-0.2, 0) is 4.79 Å². The van der Waals surface area contributed by atoms with Crippen LogP contribution in [-0.4, -0.2) is 26.3 Å². The molecule has 0 atom stereocenters. The fourth-order valence-electron chi connectivity index (χ4n) is 2.38. The third-order valence-corrected chi connectivity index (χ3v) is 5.17. The van der Waals surface area contributed by atoms with Crippen LogP contribution in [0.25, 0.3) is 17.3 Å². The molecule has 0 radical (unpaired) electrons. The number of halogens is 1. The highest BCUT2D eigenvalue weighted by Crippen LogP contribution is 2.36. The number of thiazole rings is 1. The molecule has 1 aliphatic heterocycles. The van der Waals surface area contributed by atoms with Gasteiger partial charge in [0.15, 0.2) is 10.3 Å². The van der Waals surface area contributed by atoms with E-state index in [0.717, 1.165) is 17.3 Å². The first-order valence-electron chi connectivity index (χ1n) is 7.15. The van der Waals surface area contributed by atoms with Gasteiger partial charge < -0.3 is 0 Å². The highest BCUT2D eigenvalue weighted by Gasteiger charge is 2.35. The Balaban J connectivity index is 1.69. The fourth-order valence-corrected chi connectivity index (χ4v) is 3.92. The van der Waals surface area contributed by atoms with E-state index in [9.17, 15) is 9.18 Å². The summed E-state index contributed by atoms with van der Waals surface area (Å²) in [7, 11) is 0. The van der Waals surface area contributed by atoms with Crippen molar-refractivity contribution in [2.45, 2.75) is 0 Å². The van der Waals surface area contributed by atoms with Crippen molar-refractivity contribution in [3.63, 3.8) is 0 Å². The summed E-state index contributed by atoms with van der Waals surface area (Å²) >= 11 is 2.37. The van der Waals surface area contributed by atoms with Crippen molar-refractivity contribution >= 4 is 45.4 Å². The van der Waals surface area contributed by atoms with Crippen LogP contribution in [0.3, 0.4) is 0 Å². The Morgan fingerprint density at radius 3 is 2.80 bits per heavy atom. The number of carbonyl (C=O) groups excluding carboxylic acids is 1. The average molecular weight is 371 g/mol. The molecule has 3 aromatic rings. The van der Waals surface area contributed by atoms with E-state index < -0.39 is 0 Å². The zero-order valence-corrected chi connectivity index (χ0v) is 14.2. The molecule has 0 unspecified atom stereocenters. The molecule has 9 heteroatoms. The van der Waals surface area contributed by atoms with E-state index in [-0.39, 0.29) is 16.9 Å². The molecule has 0 spiro atoms. The summed E-state index contributed by atoms with van der Waals surface area (Å²) in [6.07, 6.45) is 4.86. The van der Waals surface area contributed by atoms with E-state index in [0.29, 0.717) is 21.3 Å². The number of H-pyrrole nitrogens is 1. The van der Waals surface area contributed by atoms with Gasteiger partial charge in [0, 0.05) is 22.7 Å². The maximum Gasteiger partial charge on any atom is 0.273 e. The summed E-state index contributed by atoms with van der Waals surface area (Å²) in [5, 5.41) is 17.3. The third-order valence-electron chi connectivity index (χ3n) is 3.52. The number of amidine groups is 1. The molecule has 2 N–H and O–H groups in total. The lowest BCUT2D eigenvalue weighted by Gasteiger charge is -2.08. The molecule has 4 rings (SSSR count). The summed E-state index contributed by atoms with van der Waals surface area (Å²) in [5.74, 6) is -0.617. The Morgan fingerprint density at radius 2 is 2.08 bits per heavy atom. The minimum absolute atomic E-state index is 0.109. The van der Waals surface area contributed by atoms with Gasteiger partial charge in [0.2, 0.25) is 0 Å². The molecule has 1 amide bonds. The Morgan fingerprint density at radius 1 is 1.28 bits per heavy atom. The van der Waals surface area contributed by atoms with Crippen LogP contribution >= 0.6 is 23.1 Å². The van der Waals surface area contributed by atoms with E-state index in [1.165, 1.54) is 28.4 Å². The van der Waals surface area contributed by atoms with Crippen LogP contribution in [0.15, 0.2) is 46.9 Å². The predicted octanol–water partition coefficient (Wildman–Crippen LogP) is 3.73. The second-order valence-electron chi connectivity index (χ2n) is 5.08. The first-order chi connectivity index (χ1) is 12.1. The molecule has 1 aromatic carbocycles. The van der Waals surface area contributed by atoms with Gasteiger partial charge in [-0.05, 0) is 42.1 Å². The largest absolute Gasteiger partial charge is 0.278 e. The summed E-state index contributed by atoms with van der Waals surface area (Å²) in [6.45, 7) is 0. The minimum atomic E-state index is -0.322. The molecule has 3 heterocycles. The summed E-state index contributed by atoms with van der Waals surface area (Å²) in [5.41, 5.74) is 2.13. The zero-order chi connectivity index (χ0) is 17.4. The predicted molar refractivity (Wildman–Crippen MR) is 96.9 cm³/mol. The third kappa shape index (κ3) is 2.87. The topological polar surface area (TPSA) is 85.7 Å². The summed E-state index contributed by atoms with van der Waals surface area (Å²) in [6, 6.07) is 6.00. The van der Waals surface area contributed by atoms with Gasteiger partial charge in [0.05, 0.1) is 16.8 Å². The van der Waals surface area contributed by atoms with E-state index in [1.54, 1.807) is 36.0 Å². The number of rotatable bonds is 3. The monoisotopic (exact) mass is 371 g/mol. The number of hydrogen-bond acceptors (Lipinski definition) is 6. The quantitative estimate of drug-likeness (QED) is 0.687. The van der Waals surface area contributed by atoms with Crippen molar-refractivity contribution in [2.24, 2.45) is 0 Å². The molecule has 6 nitrogen and oxygen atoms in total. The number of nitrogens with one attached hydrogen (secondary N) is 2. The van der Waals surface area contributed by atoms with Gasteiger partial charge in [-0.25, -0.2) is 14.3 Å². The summed E-state index contributed by atoms with van der Waals surface area (Å²) < 4.78 is 13.1. The lowest BCUT2D eigenvalue weighted by Crippen LogP contribution is -2.27. The number of amides is 1. The second-order valence-corrected chi connectivity index (χ2v) is 6.98. The van der Waals surface area contributed by atoms with E-state index in [1.807, 2.05) is 0 Å². The molecule has 0 saturated carbocycles. The molecule has 1 saturated heterocycles. The van der Waals surface area contributed by atoms with Gasteiger partial charge in [-0.2, -0.15) is 5.10 Å². The van der Waals surface area contributed by atoms with E-state index in [4.69, 9.17) is 5.41 Å². The minimum Gasteiger partial charge on any atom is -0.278 e. The van der Waals surface area contributed by atoms with Crippen molar-refractivity contribution in [2.75, 3.05) is 4.90 Å².